The number of fused-ring (bicyclic) bond motifs is 1. The van der Waals surface area contributed by atoms with Gasteiger partial charge in [0.05, 0.1) is 18.3 Å². The van der Waals surface area contributed by atoms with Crippen LogP contribution in [0.4, 0.5) is 20.2 Å². The molecule has 1 N–H and O–H groups in total. The van der Waals surface area contributed by atoms with Gasteiger partial charge in [0.25, 0.3) is 0 Å². The zero-order chi connectivity index (χ0) is 15.7. The fourth-order valence-electron chi connectivity index (χ4n) is 2.32. The fraction of sp³-hybridized carbons (Fsp3) is 0.118. The van der Waals surface area contributed by atoms with Gasteiger partial charge in [-0.25, -0.2) is 8.78 Å². The molecule has 0 saturated carbocycles. The molecule has 5 heteroatoms. The highest BCUT2D eigenvalue weighted by atomic mass is 19.1. The predicted octanol–water partition coefficient (Wildman–Crippen LogP) is 4.57. The molecule has 22 heavy (non-hydrogen) atoms. The van der Waals surface area contributed by atoms with E-state index in [0.717, 1.165) is 16.6 Å². The molecule has 0 amide bonds. The number of benzene rings is 2. The van der Waals surface area contributed by atoms with Crippen LogP contribution in [0, 0.1) is 18.6 Å². The lowest BCUT2D eigenvalue weighted by Gasteiger charge is -2.13. The highest BCUT2D eigenvalue weighted by molar-refractivity contribution is 5.94. The monoisotopic (exact) mass is 300 g/mol. The summed E-state index contributed by atoms with van der Waals surface area (Å²) in [7, 11) is 1.56. The summed E-state index contributed by atoms with van der Waals surface area (Å²) in [4.78, 5) is 4.42. The minimum Gasteiger partial charge on any atom is -0.497 e. The quantitative estimate of drug-likeness (QED) is 0.769. The molecule has 0 aliphatic carbocycles. The van der Waals surface area contributed by atoms with E-state index >= 15 is 0 Å². The molecular weight excluding hydrogens is 286 g/mol. The molecule has 0 unspecified atom stereocenters. The van der Waals surface area contributed by atoms with Crippen LogP contribution in [0.3, 0.4) is 0 Å². The van der Waals surface area contributed by atoms with Gasteiger partial charge in [0, 0.05) is 11.1 Å². The van der Waals surface area contributed by atoms with Gasteiger partial charge >= 0.3 is 0 Å². The molecule has 0 bridgehead atoms. The van der Waals surface area contributed by atoms with Gasteiger partial charge in [-0.2, -0.15) is 0 Å². The summed E-state index contributed by atoms with van der Waals surface area (Å²) in [5, 5.41) is 3.56. The van der Waals surface area contributed by atoms with Gasteiger partial charge in [-0.15, -0.1) is 0 Å². The van der Waals surface area contributed by atoms with Crippen molar-refractivity contribution < 1.29 is 13.5 Å². The van der Waals surface area contributed by atoms with Crippen molar-refractivity contribution in [2.24, 2.45) is 0 Å². The average molecular weight is 300 g/mol. The van der Waals surface area contributed by atoms with Crippen LogP contribution in [0.1, 0.15) is 5.69 Å². The van der Waals surface area contributed by atoms with E-state index in [-0.39, 0.29) is 5.69 Å². The molecule has 2 aromatic carbocycles. The summed E-state index contributed by atoms with van der Waals surface area (Å²) in [6.07, 6.45) is 0. The smallest absolute Gasteiger partial charge is 0.149 e. The number of hydrogen-bond donors (Lipinski definition) is 1. The second-order valence-electron chi connectivity index (χ2n) is 4.92. The lowest BCUT2D eigenvalue weighted by Crippen LogP contribution is -1.99. The molecule has 3 aromatic rings. The molecule has 1 heterocycles. The van der Waals surface area contributed by atoms with Crippen molar-refractivity contribution in [2.75, 3.05) is 12.4 Å². The number of aromatic nitrogens is 1. The summed E-state index contributed by atoms with van der Waals surface area (Å²) in [5.74, 6) is -0.647. The number of nitrogens with one attached hydrogen (secondary N) is 1. The van der Waals surface area contributed by atoms with Gasteiger partial charge in [0.1, 0.15) is 23.1 Å². The normalized spacial score (nSPS) is 10.7. The Kier molecular flexibility index (Phi) is 3.63. The van der Waals surface area contributed by atoms with Crippen LogP contribution in [0.5, 0.6) is 5.75 Å². The lowest BCUT2D eigenvalue weighted by molar-refractivity contribution is 0.415. The van der Waals surface area contributed by atoms with Crippen LogP contribution in [0.15, 0.2) is 42.5 Å². The number of anilines is 2. The van der Waals surface area contributed by atoms with Gasteiger partial charge < -0.3 is 10.1 Å². The number of para-hydroxylation sites is 1. The zero-order valence-corrected chi connectivity index (χ0v) is 12.2. The topological polar surface area (TPSA) is 34.1 Å². The van der Waals surface area contributed by atoms with E-state index in [9.17, 15) is 8.78 Å². The Morgan fingerprint density at radius 3 is 2.45 bits per heavy atom. The lowest BCUT2D eigenvalue weighted by atomic mass is 10.1. The van der Waals surface area contributed by atoms with Crippen molar-refractivity contribution in [2.45, 2.75) is 6.92 Å². The molecule has 3 rings (SSSR count). The van der Waals surface area contributed by atoms with Crippen molar-refractivity contribution in [3.05, 3.63) is 59.8 Å². The third-order valence-corrected chi connectivity index (χ3v) is 3.37. The summed E-state index contributed by atoms with van der Waals surface area (Å²) in [5.41, 5.74) is 1.86. The van der Waals surface area contributed by atoms with E-state index in [0.29, 0.717) is 11.4 Å². The zero-order valence-electron chi connectivity index (χ0n) is 12.2. The number of rotatable bonds is 3. The van der Waals surface area contributed by atoms with Crippen molar-refractivity contribution in [3.63, 3.8) is 0 Å². The molecular formula is C17H14F2N2O. The predicted molar refractivity (Wildman–Crippen MR) is 82.7 cm³/mol. The molecule has 0 atom stereocenters. The Morgan fingerprint density at radius 2 is 1.77 bits per heavy atom. The maximum Gasteiger partial charge on any atom is 0.149 e. The van der Waals surface area contributed by atoms with E-state index in [4.69, 9.17) is 4.74 Å². The van der Waals surface area contributed by atoms with Crippen LogP contribution in [0.25, 0.3) is 10.9 Å². The third-order valence-electron chi connectivity index (χ3n) is 3.37. The second kappa shape index (κ2) is 5.60. The van der Waals surface area contributed by atoms with E-state index in [2.05, 4.69) is 10.3 Å². The Labute approximate surface area is 126 Å². The standard InChI is InChI=1S/C17H14F2N2O/c1-10-8-16(21-17-13(18)4-3-5-14(17)19)12-9-11(22-2)6-7-15(12)20-10/h3-9H,1-2H3,(H,20,21). The van der Waals surface area contributed by atoms with Gasteiger partial charge in [-0.1, -0.05) is 6.07 Å². The molecule has 112 valence electrons. The fourth-order valence-corrected chi connectivity index (χ4v) is 2.32. The maximum atomic E-state index is 13.8. The first kappa shape index (κ1) is 14.3. The molecule has 1 aromatic heterocycles. The Hall–Kier alpha value is -2.69. The summed E-state index contributed by atoms with van der Waals surface area (Å²) >= 11 is 0. The van der Waals surface area contributed by atoms with Gasteiger partial charge in [-0.05, 0) is 43.3 Å². The first-order valence-corrected chi connectivity index (χ1v) is 6.75. The number of methoxy groups -OCH3 is 1. The summed E-state index contributed by atoms with van der Waals surface area (Å²) < 4.78 is 32.9. The van der Waals surface area contributed by atoms with Crippen LogP contribution < -0.4 is 10.1 Å². The van der Waals surface area contributed by atoms with E-state index in [1.165, 1.54) is 18.2 Å². The molecule has 0 radical (unpaired) electrons. The number of ether oxygens (including phenoxy) is 1. The number of hydrogen-bond acceptors (Lipinski definition) is 3. The van der Waals surface area contributed by atoms with Gasteiger partial charge in [-0.3, -0.25) is 4.98 Å². The molecule has 0 spiro atoms. The number of nitrogens with zero attached hydrogens (tertiary/aromatic N) is 1. The Balaban J connectivity index is 2.17. The number of halogens is 2. The second-order valence-corrected chi connectivity index (χ2v) is 4.92. The highest BCUT2D eigenvalue weighted by Gasteiger charge is 2.12. The highest BCUT2D eigenvalue weighted by Crippen LogP contribution is 2.31. The minimum atomic E-state index is -0.648. The number of aryl methyl sites for hydroxylation is 1. The van der Waals surface area contributed by atoms with Gasteiger partial charge in [0.2, 0.25) is 0 Å². The Morgan fingerprint density at radius 1 is 1.05 bits per heavy atom. The van der Waals surface area contributed by atoms with Crippen LogP contribution in [0.2, 0.25) is 0 Å². The summed E-state index contributed by atoms with van der Waals surface area (Å²) in [6.45, 7) is 1.83. The van der Waals surface area contributed by atoms with Crippen molar-refractivity contribution in [1.29, 1.82) is 0 Å². The first-order valence-electron chi connectivity index (χ1n) is 6.75. The largest absolute Gasteiger partial charge is 0.497 e. The maximum absolute atomic E-state index is 13.8. The molecule has 0 saturated heterocycles. The van der Waals surface area contributed by atoms with Crippen molar-refractivity contribution >= 4 is 22.3 Å². The van der Waals surface area contributed by atoms with E-state index < -0.39 is 11.6 Å². The van der Waals surface area contributed by atoms with Gasteiger partial charge in [0.15, 0.2) is 0 Å². The average Bonchev–Trinajstić information content (AvgIpc) is 2.50. The molecule has 0 fully saturated rings. The van der Waals surface area contributed by atoms with Crippen LogP contribution >= 0.6 is 0 Å². The SMILES string of the molecule is COc1ccc2nc(C)cc(Nc3c(F)cccc3F)c2c1. The van der Waals surface area contributed by atoms with Crippen LogP contribution in [-0.4, -0.2) is 12.1 Å². The molecule has 3 nitrogen and oxygen atoms in total. The summed E-state index contributed by atoms with van der Waals surface area (Å²) in [6, 6.07) is 10.9. The van der Waals surface area contributed by atoms with Crippen LogP contribution in [-0.2, 0) is 0 Å². The third kappa shape index (κ3) is 2.57. The molecule has 0 aliphatic heterocycles. The Bertz CT molecular complexity index is 829. The minimum absolute atomic E-state index is 0.183. The first-order chi connectivity index (χ1) is 10.6. The molecule has 0 aliphatic rings. The number of pyridine rings is 1. The van der Waals surface area contributed by atoms with E-state index in [1.54, 1.807) is 25.3 Å². The van der Waals surface area contributed by atoms with Crippen molar-refractivity contribution in [3.8, 4) is 5.75 Å². The van der Waals surface area contributed by atoms with Crippen molar-refractivity contribution in [1.82, 2.24) is 4.98 Å². The van der Waals surface area contributed by atoms with E-state index in [1.807, 2.05) is 13.0 Å².